The average molecular weight is 342 g/mol. The van der Waals surface area contributed by atoms with E-state index in [9.17, 15) is 5.11 Å². The SMILES string of the molecule is CCCn1c(SCC(O)c2ccc(OC)cc2)nc2ccccc21. The molecule has 1 atom stereocenters. The molecule has 0 bridgehead atoms. The van der Waals surface area contributed by atoms with Crippen LogP contribution in [0.15, 0.2) is 53.7 Å². The highest BCUT2D eigenvalue weighted by molar-refractivity contribution is 7.99. The highest BCUT2D eigenvalue weighted by atomic mass is 32.2. The lowest BCUT2D eigenvalue weighted by molar-refractivity contribution is 0.204. The van der Waals surface area contributed by atoms with E-state index < -0.39 is 6.10 Å². The van der Waals surface area contributed by atoms with Crippen LogP contribution >= 0.6 is 11.8 Å². The number of imidazole rings is 1. The van der Waals surface area contributed by atoms with E-state index >= 15 is 0 Å². The Kier molecular flexibility index (Phi) is 5.43. The van der Waals surface area contributed by atoms with Crippen molar-refractivity contribution in [1.29, 1.82) is 0 Å². The van der Waals surface area contributed by atoms with E-state index in [4.69, 9.17) is 9.72 Å². The number of hydrogen-bond donors (Lipinski definition) is 1. The van der Waals surface area contributed by atoms with Gasteiger partial charge >= 0.3 is 0 Å². The Balaban J connectivity index is 1.75. The molecule has 0 saturated carbocycles. The van der Waals surface area contributed by atoms with Gasteiger partial charge in [-0.05, 0) is 36.2 Å². The molecule has 5 heteroatoms. The third kappa shape index (κ3) is 3.57. The van der Waals surface area contributed by atoms with Crippen LogP contribution in [0.1, 0.15) is 25.0 Å². The van der Waals surface area contributed by atoms with Gasteiger partial charge in [0.05, 0.1) is 24.2 Å². The van der Waals surface area contributed by atoms with Crippen molar-refractivity contribution in [2.75, 3.05) is 12.9 Å². The summed E-state index contributed by atoms with van der Waals surface area (Å²) >= 11 is 1.60. The van der Waals surface area contributed by atoms with Crippen molar-refractivity contribution in [2.24, 2.45) is 0 Å². The van der Waals surface area contributed by atoms with Gasteiger partial charge < -0.3 is 14.4 Å². The van der Waals surface area contributed by atoms with Crippen LogP contribution in [0.25, 0.3) is 11.0 Å². The predicted octanol–water partition coefficient (Wildman–Crippen LogP) is 4.28. The number of aryl methyl sites for hydroxylation is 1. The summed E-state index contributed by atoms with van der Waals surface area (Å²) in [5, 5.41) is 11.4. The zero-order valence-electron chi connectivity index (χ0n) is 14.0. The highest BCUT2D eigenvalue weighted by Gasteiger charge is 2.14. The second kappa shape index (κ2) is 7.73. The molecule has 4 nitrogen and oxygen atoms in total. The summed E-state index contributed by atoms with van der Waals surface area (Å²) in [4.78, 5) is 4.72. The molecule has 0 aliphatic rings. The van der Waals surface area contributed by atoms with E-state index in [1.165, 1.54) is 0 Å². The first-order valence-corrected chi connectivity index (χ1v) is 9.11. The second-order valence-corrected chi connectivity index (χ2v) is 6.62. The minimum absolute atomic E-state index is 0.532. The topological polar surface area (TPSA) is 47.3 Å². The first-order chi connectivity index (χ1) is 11.7. The summed E-state index contributed by atoms with van der Waals surface area (Å²) in [6, 6.07) is 15.7. The molecular formula is C19H22N2O2S. The molecule has 2 aromatic carbocycles. The molecule has 126 valence electrons. The first-order valence-electron chi connectivity index (χ1n) is 8.13. The Morgan fingerprint density at radius 3 is 2.62 bits per heavy atom. The van der Waals surface area contributed by atoms with Crippen LogP contribution < -0.4 is 4.74 Å². The standard InChI is InChI=1S/C19H22N2O2S/c1-3-12-21-17-7-5-4-6-16(17)20-19(21)24-13-18(22)14-8-10-15(23-2)11-9-14/h4-11,18,22H,3,12-13H2,1-2H3. The molecule has 0 fully saturated rings. The number of aliphatic hydroxyl groups is 1. The zero-order valence-corrected chi connectivity index (χ0v) is 14.8. The van der Waals surface area contributed by atoms with Crippen molar-refractivity contribution in [3.05, 3.63) is 54.1 Å². The Bertz CT molecular complexity index is 799. The number of aromatic nitrogens is 2. The first kappa shape index (κ1) is 16.9. The van der Waals surface area contributed by atoms with E-state index in [1.807, 2.05) is 42.5 Å². The van der Waals surface area contributed by atoms with Crippen molar-refractivity contribution in [2.45, 2.75) is 31.1 Å². The lowest BCUT2D eigenvalue weighted by atomic mass is 10.1. The van der Waals surface area contributed by atoms with Gasteiger partial charge in [-0.15, -0.1) is 0 Å². The third-order valence-corrected chi connectivity index (χ3v) is 4.99. The Morgan fingerprint density at radius 1 is 1.17 bits per heavy atom. The van der Waals surface area contributed by atoms with E-state index in [-0.39, 0.29) is 0 Å². The number of benzene rings is 2. The van der Waals surface area contributed by atoms with Crippen LogP contribution in [0.5, 0.6) is 5.75 Å². The molecule has 1 heterocycles. The third-order valence-electron chi connectivity index (χ3n) is 3.94. The number of para-hydroxylation sites is 2. The molecule has 0 amide bonds. The van der Waals surface area contributed by atoms with Crippen LogP contribution in [0.3, 0.4) is 0 Å². The fourth-order valence-electron chi connectivity index (χ4n) is 2.68. The van der Waals surface area contributed by atoms with Crippen LogP contribution in [0, 0.1) is 0 Å². The largest absolute Gasteiger partial charge is 0.497 e. The smallest absolute Gasteiger partial charge is 0.169 e. The highest BCUT2D eigenvalue weighted by Crippen LogP contribution is 2.28. The normalized spacial score (nSPS) is 12.5. The maximum absolute atomic E-state index is 10.4. The van der Waals surface area contributed by atoms with Crippen LogP contribution in [0.2, 0.25) is 0 Å². The van der Waals surface area contributed by atoms with Gasteiger partial charge in [-0.2, -0.15) is 0 Å². The number of methoxy groups -OCH3 is 1. The van der Waals surface area contributed by atoms with E-state index in [0.717, 1.165) is 40.5 Å². The second-order valence-electron chi connectivity index (χ2n) is 5.63. The molecule has 3 aromatic rings. The molecule has 1 N–H and O–H groups in total. The monoisotopic (exact) mass is 342 g/mol. The zero-order chi connectivity index (χ0) is 16.9. The van der Waals surface area contributed by atoms with Gasteiger partial charge in [0.15, 0.2) is 5.16 Å². The van der Waals surface area contributed by atoms with Crippen molar-refractivity contribution < 1.29 is 9.84 Å². The Morgan fingerprint density at radius 2 is 1.92 bits per heavy atom. The minimum atomic E-state index is -0.532. The van der Waals surface area contributed by atoms with Crippen molar-refractivity contribution in [3.63, 3.8) is 0 Å². The number of aliphatic hydroxyl groups excluding tert-OH is 1. The van der Waals surface area contributed by atoms with E-state index in [0.29, 0.717) is 5.75 Å². The molecule has 24 heavy (non-hydrogen) atoms. The Hall–Kier alpha value is -1.98. The van der Waals surface area contributed by atoms with Crippen molar-refractivity contribution in [1.82, 2.24) is 9.55 Å². The van der Waals surface area contributed by atoms with Gasteiger partial charge in [0.1, 0.15) is 5.75 Å². The lowest BCUT2D eigenvalue weighted by Crippen LogP contribution is -2.04. The fourth-order valence-corrected chi connectivity index (χ4v) is 3.69. The average Bonchev–Trinajstić information content (AvgIpc) is 2.98. The van der Waals surface area contributed by atoms with Gasteiger partial charge in [-0.3, -0.25) is 0 Å². The van der Waals surface area contributed by atoms with E-state index in [1.54, 1.807) is 18.9 Å². The summed E-state index contributed by atoms with van der Waals surface area (Å²) in [6.07, 6.45) is 0.519. The molecule has 1 unspecified atom stereocenters. The molecule has 0 spiro atoms. The predicted molar refractivity (Wildman–Crippen MR) is 98.7 cm³/mol. The van der Waals surface area contributed by atoms with Crippen LogP contribution in [-0.2, 0) is 6.54 Å². The maximum Gasteiger partial charge on any atom is 0.169 e. The number of nitrogens with zero attached hydrogens (tertiary/aromatic N) is 2. The Labute approximate surface area is 146 Å². The molecule has 1 aromatic heterocycles. The lowest BCUT2D eigenvalue weighted by Gasteiger charge is -2.12. The molecular weight excluding hydrogens is 320 g/mol. The molecule has 0 aliphatic heterocycles. The quantitative estimate of drug-likeness (QED) is 0.651. The van der Waals surface area contributed by atoms with Gasteiger partial charge in [-0.25, -0.2) is 4.98 Å². The molecule has 3 rings (SSSR count). The molecule has 0 saturated heterocycles. The number of hydrogen-bond acceptors (Lipinski definition) is 4. The van der Waals surface area contributed by atoms with Crippen LogP contribution in [0.4, 0.5) is 0 Å². The summed E-state index contributed by atoms with van der Waals surface area (Å²) in [7, 11) is 1.64. The van der Waals surface area contributed by atoms with E-state index in [2.05, 4.69) is 17.6 Å². The summed E-state index contributed by atoms with van der Waals surface area (Å²) in [5.74, 6) is 1.36. The van der Waals surface area contributed by atoms with Gasteiger partial charge in [0.2, 0.25) is 0 Å². The van der Waals surface area contributed by atoms with Gasteiger partial charge in [0.25, 0.3) is 0 Å². The minimum Gasteiger partial charge on any atom is -0.497 e. The summed E-state index contributed by atoms with van der Waals surface area (Å²) in [6.45, 7) is 3.09. The van der Waals surface area contributed by atoms with Crippen molar-refractivity contribution in [3.8, 4) is 5.75 Å². The number of thioether (sulfide) groups is 1. The summed E-state index contributed by atoms with van der Waals surface area (Å²) in [5.41, 5.74) is 3.05. The molecule has 0 aliphatic carbocycles. The number of rotatable bonds is 7. The molecule has 0 radical (unpaired) electrons. The maximum atomic E-state index is 10.4. The van der Waals surface area contributed by atoms with Gasteiger partial charge in [0, 0.05) is 12.3 Å². The number of ether oxygens (including phenoxy) is 1. The fraction of sp³-hybridized carbons (Fsp3) is 0.316. The summed E-state index contributed by atoms with van der Waals surface area (Å²) < 4.78 is 7.39. The van der Waals surface area contributed by atoms with Crippen LogP contribution in [-0.4, -0.2) is 27.5 Å². The van der Waals surface area contributed by atoms with Crippen molar-refractivity contribution >= 4 is 22.8 Å². The van der Waals surface area contributed by atoms with Gasteiger partial charge in [-0.1, -0.05) is 43.0 Å². The number of fused-ring (bicyclic) bond motifs is 1.